The van der Waals surface area contributed by atoms with Crippen molar-refractivity contribution in [3.05, 3.63) is 36.0 Å². The zero-order valence-electron chi connectivity index (χ0n) is 14.1. The molecular formula is C18H21N3O4. The van der Waals surface area contributed by atoms with Crippen molar-refractivity contribution in [1.82, 2.24) is 4.90 Å². The smallest absolute Gasteiger partial charge is 0.310 e. The normalized spacial score (nSPS) is 17.5. The Morgan fingerprint density at radius 1 is 1.44 bits per heavy atom. The van der Waals surface area contributed by atoms with Gasteiger partial charge in [-0.3, -0.25) is 9.59 Å². The average Bonchev–Trinajstić information content (AvgIpc) is 2.62. The van der Waals surface area contributed by atoms with E-state index in [0.29, 0.717) is 25.4 Å². The number of nitrogens with zero attached hydrogens (tertiary/aromatic N) is 2. The minimum atomic E-state index is -0.536. The van der Waals surface area contributed by atoms with Gasteiger partial charge in [0.15, 0.2) is 0 Å². The molecule has 2 rings (SSSR count). The maximum atomic E-state index is 12.2. The summed E-state index contributed by atoms with van der Waals surface area (Å²) in [7, 11) is 0. The van der Waals surface area contributed by atoms with E-state index in [2.05, 4.69) is 5.32 Å². The van der Waals surface area contributed by atoms with Crippen molar-refractivity contribution in [2.75, 3.05) is 25.0 Å². The molecular weight excluding hydrogens is 322 g/mol. The van der Waals surface area contributed by atoms with E-state index in [1.165, 1.54) is 18.3 Å². The number of phenolic OH excluding ortho intramolecular Hbond substituents is 1. The van der Waals surface area contributed by atoms with Gasteiger partial charge >= 0.3 is 5.97 Å². The van der Waals surface area contributed by atoms with Crippen LogP contribution in [0.15, 0.2) is 36.0 Å². The minimum absolute atomic E-state index is 0.0439. The lowest BCUT2D eigenvalue weighted by Crippen LogP contribution is -2.37. The van der Waals surface area contributed by atoms with E-state index >= 15 is 0 Å². The van der Waals surface area contributed by atoms with Crippen LogP contribution in [0.3, 0.4) is 0 Å². The first-order chi connectivity index (χ1) is 12.0. The van der Waals surface area contributed by atoms with Gasteiger partial charge in [0.2, 0.25) is 0 Å². The standard InChI is InChI=1S/C18H21N3O4/c1-2-25-18(24)13-4-3-9-21(11-13)12-14(10-19)17(23)20-15-5-7-16(22)8-6-15/h5-8,12-13,22H,2-4,9,11H2,1H3,(H,20,23)/b14-12-. The summed E-state index contributed by atoms with van der Waals surface area (Å²) in [5.74, 6) is -0.934. The lowest BCUT2D eigenvalue weighted by molar-refractivity contribution is -0.149. The Morgan fingerprint density at radius 3 is 2.80 bits per heavy atom. The second kappa shape index (κ2) is 8.73. The fraction of sp³-hybridized carbons (Fsp3) is 0.389. The fourth-order valence-corrected chi connectivity index (χ4v) is 2.64. The highest BCUT2D eigenvalue weighted by Gasteiger charge is 2.26. The molecule has 1 aliphatic rings. The van der Waals surface area contributed by atoms with Crippen LogP contribution < -0.4 is 5.32 Å². The van der Waals surface area contributed by atoms with E-state index < -0.39 is 5.91 Å². The van der Waals surface area contributed by atoms with Gasteiger partial charge in [0.25, 0.3) is 5.91 Å². The number of carbonyl (C=O) groups is 2. The molecule has 7 heteroatoms. The summed E-state index contributed by atoms with van der Waals surface area (Å²) >= 11 is 0. The lowest BCUT2D eigenvalue weighted by atomic mass is 9.98. The Hall–Kier alpha value is -3.01. The third-order valence-corrected chi connectivity index (χ3v) is 3.87. The van der Waals surface area contributed by atoms with Crippen LogP contribution in [0.4, 0.5) is 5.69 Å². The van der Waals surface area contributed by atoms with Crippen LogP contribution in [-0.4, -0.2) is 41.6 Å². The number of amides is 1. The number of benzene rings is 1. The molecule has 1 aliphatic heterocycles. The number of hydrogen-bond donors (Lipinski definition) is 2. The third kappa shape index (κ3) is 5.24. The topological polar surface area (TPSA) is 103 Å². The van der Waals surface area contributed by atoms with Crippen LogP contribution in [0, 0.1) is 17.2 Å². The molecule has 1 amide bonds. The fourth-order valence-electron chi connectivity index (χ4n) is 2.64. The molecule has 2 N–H and O–H groups in total. The van der Waals surface area contributed by atoms with Crippen LogP contribution >= 0.6 is 0 Å². The molecule has 1 atom stereocenters. The summed E-state index contributed by atoms with van der Waals surface area (Å²) in [6, 6.07) is 7.86. The first-order valence-corrected chi connectivity index (χ1v) is 8.16. The molecule has 0 radical (unpaired) electrons. The van der Waals surface area contributed by atoms with Crippen LogP contribution in [0.2, 0.25) is 0 Å². The van der Waals surface area contributed by atoms with Gasteiger partial charge in [-0.1, -0.05) is 0 Å². The number of aromatic hydroxyl groups is 1. The van der Waals surface area contributed by atoms with Crippen molar-refractivity contribution in [2.45, 2.75) is 19.8 Å². The van der Waals surface area contributed by atoms with Crippen molar-refractivity contribution in [3.8, 4) is 11.8 Å². The summed E-state index contributed by atoms with van der Waals surface area (Å²) in [6.45, 7) is 3.20. The van der Waals surface area contributed by atoms with Gasteiger partial charge in [-0.2, -0.15) is 5.26 Å². The summed E-state index contributed by atoms with van der Waals surface area (Å²) in [6.07, 6.45) is 3.02. The summed E-state index contributed by atoms with van der Waals surface area (Å²) in [5, 5.41) is 21.1. The second-order valence-corrected chi connectivity index (χ2v) is 5.74. The Kier molecular flexibility index (Phi) is 6.40. The van der Waals surface area contributed by atoms with Crippen LogP contribution in [0.5, 0.6) is 5.75 Å². The number of nitriles is 1. The number of anilines is 1. The van der Waals surface area contributed by atoms with E-state index in [-0.39, 0.29) is 23.2 Å². The molecule has 0 aromatic heterocycles. The van der Waals surface area contributed by atoms with Gasteiger partial charge in [0, 0.05) is 25.0 Å². The minimum Gasteiger partial charge on any atom is -0.508 e. The molecule has 1 fully saturated rings. The Labute approximate surface area is 146 Å². The Bertz CT molecular complexity index is 691. The zero-order chi connectivity index (χ0) is 18.2. The van der Waals surface area contributed by atoms with Crippen molar-refractivity contribution >= 4 is 17.6 Å². The molecule has 0 bridgehead atoms. The van der Waals surface area contributed by atoms with Crippen LogP contribution in [0.25, 0.3) is 0 Å². The molecule has 1 aromatic rings. The molecule has 1 saturated heterocycles. The second-order valence-electron chi connectivity index (χ2n) is 5.74. The number of likely N-dealkylation sites (tertiary alicyclic amines) is 1. The van der Waals surface area contributed by atoms with Gasteiger partial charge in [0.1, 0.15) is 17.4 Å². The number of esters is 1. The van der Waals surface area contributed by atoms with Crippen LogP contribution in [0.1, 0.15) is 19.8 Å². The van der Waals surface area contributed by atoms with E-state index in [0.717, 1.165) is 12.8 Å². The number of phenols is 1. The van der Waals surface area contributed by atoms with E-state index in [1.54, 1.807) is 24.0 Å². The maximum Gasteiger partial charge on any atom is 0.310 e. The van der Waals surface area contributed by atoms with Crippen molar-refractivity contribution in [1.29, 1.82) is 5.26 Å². The van der Waals surface area contributed by atoms with Gasteiger partial charge in [0.05, 0.1) is 12.5 Å². The monoisotopic (exact) mass is 343 g/mol. The highest BCUT2D eigenvalue weighted by atomic mass is 16.5. The number of nitrogens with one attached hydrogen (secondary N) is 1. The zero-order valence-corrected chi connectivity index (χ0v) is 14.1. The summed E-state index contributed by atoms with van der Waals surface area (Å²) in [4.78, 5) is 25.9. The van der Waals surface area contributed by atoms with Crippen molar-refractivity contribution in [2.24, 2.45) is 5.92 Å². The number of rotatable bonds is 5. The predicted molar refractivity (Wildman–Crippen MR) is 91.4 cm³/mol. The highest BCUT2D eigenvalue weighted by molar-refractivity contribution is 6.06. The SMILES string of the molecule is CCOC(=O)C1CCCN(/C=C(/C#N)C(=O)Nc2ccc(O)cc2)C1. The average molecular weight is 343 g/mol. The maximum absolute atomic E-state index is 12.2. The molecule has 25 heavy (non-hydrogen) atoms. The Balaban J connectivity index is 2.03. The molecule has 0 aliphatic carbocycles. The lowest BCUT2D eigenvalue weighted by Gasteiger charge is -2.30. The van der Waals surface area contributed by atoms with Gasteiger partial charge in [-0.15, -0.1) is 0 Å². The molecule has 132 valence electrons. The van der Waals surface area contributed by atoms with E-state index in [1.807, 2.05) is 6.07 Å². The predicted octanol–water partition coefficient (Wildman–Crippen LogP) is 2.01. The summed E-state index contributed by atoms with van der Waals surface area (Å²) < 4.78 is 5.05. The van der Waals surface area contributed by atoms with Crippen molar-refractivity contribution in [3.63, 3.8) is 0 Å². The Morgan fingerprint density at radius 2 is 2.16 bits per heavy atom. The molecule has 0 spiro atoms. The van der Waals surface area contributed by atoms with E-state index in [4.69, 9.17) is 4.74 Å². The highest BCUT2D eigenvalue weighted by Crippen LogP contribution is 2.19. The molecule has 0 saturated carbocycles. The molecule has 1 unspecified atom stereocenters. The van der Waals surface area contributed by atoms with Crippen LogP contribution in [-0.2, 0) is 14.3 Å². The molecule has 1 heterocycles. The largest absolute Gasteiger partial charge is 0.508 e. The van der Waals surface area contributed by atoms with Gasteiger partial charge in [-0.25, -0.2) is 0 Å². The first kappa shape index (κ1) is 18.3. The number of hydrogen-bond acceptors (Lipinski definition) is 6. The molecule has 1 aromatic carbocycles. The molecule has 7 nitrogen and oxygen atoms in total. The first-order valence-electron chi connectivity index (χ1n) is 8.16. The van der Waals surface area contributed by atoms with Crippen molar-refractivity contribution < 1.29 is 19.4 Å². The number of carbonyl (C=O) groups excluding carboxylic acids is 2. The summed E-state index contributed by atoms with van der Waals surface area (Å²) in [5.41, 5.74) is 0.435. The quantitative estimate of drug-likeness (QED) is 0.367. The van der Waals surface area contributed by atoms with Gasteiger partial charge < -0.3 is 20.1 Å². The number of piperidine rings is 1. The van der Waals surface area contributed by atoms with Gasteiger partial charge in [-0.05, 0) is 44.0 Å². The number of ether oxygens (including phenoxy) is 1. The third-order valence-electron chi connectivity index (χ3n) is 3.87. The van der Waals surface area contributed by atoms with E-state index in [9.17, 15) is 20.0 Å².